The van der Waals surface area contributed by atoms with Crippen LogP contribution in [0.3, 0.4) is 0 Å². The standard InChI is InChI=1S/C17H14FN3O2S/c18-14-6-3-7-15(20-14)23-11-8-9-21(10-11)17(22)16-19-12-4-1-2-5-13(12)24-16/h1-7,11H,8-10H2. The van der Waals surface area contributed by atoms with Crippen molar-refractivity contribution in [1.29, 1.82) is 0 Å². The van der Waals surface area contributed by atoms with Gasteiger partial charge >= 0.3 is 0 Å². The number of carbonyl (C=O) groups excluding carboxylic acids is 1. The van der Waals surface area contributed by atoms with Crippen molar-refractivity contribution in [3.63, 3.8) is 0 Å². The minimum atomic E-state index is -0.576. The minimum absolute atomic E-state index is 0.0884. The number of carbonyl (C=O) groups is 1. The zero-order valence-electron chi connectivity index (χ0n) is 12.7. The molecule has 1 atom stereocenters. The number of hydrogen-bond donors (Lipinski definition) is 0. The molecule has 2 aromatic heterocycles. The van der Waals surface area contributed by atoms with E-state index in [0.29, 0.717) is 24.5 Å². The highest BCUT2D eigenvalue weighted by molar-refractivity contribution is 7.20. The lowest BCUT2D eigenvalue weighted by atomic mass is 10.3. The van der Waals surface area contributed by atoms with E-state index in [-0.39, 0.29) is 17.9 Å². The molecule has 1 fully saturated rings. The molecule has 0 saturated carbocycles. The van der Waals surface area contributed by atoms with Gasteiger partial charge in [-0.2, -0.15) is 9.37 Å². The molecule has 3 heterocycles. The average molecular weight is 343 g/mol. The first-order chi connectivity index (χ1) is 11.7. The monoisotopic (exact) mass is 343 g/mol. The Balaban J connectivity index is 1.45. The topological polar surface area (TPSA) is 55.3 Å². The fraction of sp³-hybridized carbons (Fsp3) is 0.235. The molecule has 122 valence electrons. The van der Waals surface area contributed by atoms with Gasteiger partial charge < -0.3 is 9.64 Å². The Hall–Kier alpha value is -2.54. The summed E-state index contributed by atoms with van der Waals surface area (Å²) in [6.07, 6.45) is 0.507. The predicted molar refractivity (Wildman–Crippen MR) is 88.8 cm³/mol. The number of rotatable bonds is 3. The Morgan fingerprint density at radius 3 is 2.92 bits per heavy atom. The van der Waals surface area contributed by atoms with E-state index in [1.165, 1.54) is 17.4 Å². The summed E-state index contributed by atoms with van der Waals surface area (Å²) in [5.74, 6) is -0.420. The summed E-state index contributed by atoms with van der Waals surface area (Å²) in [4.78, 5) is 22.4. The number of fused-ring (bicyclic) bond motifs is 1. The molecule has 1 aliphatic rings. The molecule has 0 bridgehead atoms. The third-order valence-electron chi connectivity index (χ3n) is 3.89. The van der Waals surface area contributed by atoms with Crippen molar-refractivity contribution < 1.29 is 13.9 Å². The SMILES string of the molecule is O=C(c1nc2ccccc2s1)N1CCC(Oc2cccc(F)n2)C1. The number of ether oxygens (including phenoxy) is 1. The molecule has 1 unspecified atom stereocenters. The fourth-order valence-corrected chi connectivity index (χ4v) is 3.67. The lowest BCUT2D eigenvalue weighted by molar-refractivity contribution is 0.0770. The summed E-state index contributed by atoms with van der Waals surface area (Å²) in [6.45, 7) is 1.04. The first kappa shape index (κ1) is 15.0. The number of pyridine rings is 1. The van der Waals surface area contributed by atoms with Crippen LogP contribution in [0.15, 0.2) is 42.5 Å². The predicted octanol–water partition coefficient (Wildman–Crippen LogP) is 3.12. The van der Waals surface area contributed by atoms with Crippen LogP contribution in [0.4, 0.5) is 4.39 Å². The maximum Gasteiger partial charge on any atom is 0.283 e. The van der Waals surface area contributed by atoms with Gasteiger partial charge in [0.25, 0.3) is 5.91 Å². The van der Waals surface area contributed by atoms with Crippen LogP contribution in [0.1, 0.15) is 16.2 Å². The van der Waals surface area contributed by atoms with E-state index in [1.807, 2.05) is 24.3 Å². The summed E-state index contributed by atoms with van der Waals surface area (Å²) >= 11 is 1.39. The molecule has 0 spiro atoms. The zero-order chi connectivity index (χ0) is 16.5. The molecule has 5 nitrogen and oxygen atoms in total. The second-order valence-corrected chi connectivity index (χ2v) is 6.60. The lowest BCUT2D eigenvalue weighted by Crippen LogP contribution is -2.30. The summed E-state index contributed by atoms with van der Waals surface area (Å²) in [7, 11) is 0. The van der Waals surface area contributed by atoms with Crippen LogP contribution in [-0.2, 0) is 0 Å². The molecular weight excluding hydrogens is 329 g/mol. The van der Waals surface area contributed by atoms with Gasteiger partial charge in [0.1, 0.15) is 6.10 Å². The third-order valence-corrected chi connectivity index (χ3v) is 4.91. The van der Waals surface area contributed by atoms with Gasteiger partial charge in [-0.05, 0) is 18.2 Å². The van der Waals surface area contributed by atoms with Crippen LogP contribution in [0.25, 0.3) is 10.2 Å². The average Bonchev–Trinajstić information content (AvgIpc) is 3.20. The second-order valence-electron chi connectivity index (χ2n) is 5.56. The molecule has 0 aliphatic carbocycles. The van der Waals surface area contributed by atoms with Gasteiger partial charge in [-0.1, -0.05) is 18.2 Å². The second kappa shape index (κ2) is 6.16. The fourth-order valence-electron chi connectivity index (χ4n) is 2.73. The van der Waals surface area contributed by atoms with Crippen molar-refractivity contribution in [3.05, 3.63) is 53.4 Å². The molecule has 1 aliphatic heterocycles. The highest BCUT2D eigenvalue weighted by atomic mass is 32.1. The quantitative estimate of drug-likeness (QED) is 0.686. The van der Waals surface area contributed by atoms with Crippen molar-refractivity contribution in [3.8, 4) is 5.88 Å². The number of hydrogen-bond acceptors (Lipinski definition) is 5. The Kier molecular flexibility index (Phi) is 3.86. The van der Waals surface area contributed by atoms with Crippen molar-refractivity contribution in [1.82, 2.24) is 14.9 Å². The number of halogens is 1. The van der Waals surface area contributed by atoms with E-state index in [9.17, 15) is 9.18 Å². The van der Waals surface area contributed by atoms with E-state index in [1.54, 1.807) is 17.0 Å². The smallest absolute Gasteiger partial charge is 0.283 e. The molecule has 7 heteroatoms. The number of amides is 1. The molecule has 24 heavy (non-hydrogen) atoms. The summed E-state index contributed by atoms with van der Waals surface area (Å²) < 4.78 is 19.8. The highest BCUT2D eigenvalue weighted by Crippen LogP contribution is 2.25. The molecule has 1 aromatic carbocycles. The maximum absolute atomic E-state index is 13.1. The first-order valence-electron chi connectivity index (χ1n) is 7.63. The van der Waals surface area contributed by atoms with E-state index in [0.717, 1.165) is 10.2 Å². The number of nitrogens with zero attached hydrogens (tertiary/aromatic N) is 3. The van der Waals surface area contributed by atoms with Gasteiger partial charge in [0.15, 0.2) is 5.01 Å². The van der Waals surface area contributed by atoms with Crippen molar-refractivity contribution in [2.75, 3.05) is 13.1 Å². The summed E-state index contributed by atoms with van der Waals surface area (Å²) in [5.41, 5.74) is 0.835. The van der Waals surface area contributed by atoms with Gasteiger partial charge in [0.05, 0.1) is 16.8 Å². The molecule has 0 N–H and O–H groups in total. The number of aromatic nitrogens is 2. The van der Waals surface area contributed by atoms with Crippen LogP contribution in [-0.4, -0.2) is 40.0 Å². The minimum Gasteiger partial charge on any atom is -0.472 e. The zero-order valence-corrected chi connectivity index (χ0v) is 13.5. The number of likely N-dealkylation sites (tertiary alicyclic amines) is 1. The molecule has 3 aromatic rings. The number of benzene rings is 1. The van der Waals surface area contributed by atoms with Gasteiger partial charge in [-0.15, -0.1) is 11.3 Å². The highest BCUT2D eigenvalue weighted by Gasteiger charge is 2.30. The van der Waals surface area contributed by atoms with Gasteiger partial charge in [0, 0.05) is 19.0 Å². The largest absolute Gasteiger partial charge is 0.472 e. The van der Waals surface area contributed by atoms with E-state index >= 15 is 0 Å². The van der Waals surface area contributed by atoms with E-state index in [2.05, 4.69) is 9.97 Å². The Bertz CT molecular complexity index is 865. The van der Waals surface area contributed by atoms with E-state index in [4.69, 9.17) is 4.74 Å². The van der Waals surface area contributed by atoms with Crippen LogP contribution in [0, 0.1) is 5.95 Å². The number of para-hydroxylation sites is 1. The number of thiazole rings is 1. The van der Waals surface area contributed by atoms with Crippen LogP contribution >= 0.6 is 11.3 Å². The van der Waals surface area contributed by atoms with Crippen molar-refractivity contribution in [2.45, 2.75) is 12.5 Å². The summed E-state index contributed by atoms with van der Waals surface area (Å²) in [5, 5.41) is 0.487. The lowest BCUT2D eigenvalue weighted by Gasteiger charge is -2.15. The van der Waals surface area contributed by atoms with Crippen LogP contribution in [0.5, 0.6) is 5.88 Å². The van der Waals surface area contributed by atoms with E-state index < -0.39 is 5.95 Å². The van der Waals surface area contributed by atoms with Crippen LogP contribution < -0.4 is 4.74 Å². The Labute approximate surface area is 141 Å². The normalized spacial score (nSPS) is 17.4. The molecular formula is C17H14FN3O2S. The first-order valence-corrected chi connectivity index (χ1v) is 8.45. The Morgan fingerprint density at radius 1 is 1.21 bits per heavy atom. The van der Waals surface area contributed by atoms with Crippen molar-refractivity contribution in [2.24, 2.45) is 0 Å². The molecule has 4 rings (SSSR count). The molecule has 0 radical (unpaired) electrons. The summed E-state index contributed by atoms with van der Waals surface area (Å²) in [6, 6.07) is 12.1. The Morgan fingerprint density at radius 2 is 2.08 bits per heavy atom. The van der Waals surface area contributed by atoms with Crippen molar-refractivity contribution >= 4 is 27.5 Å². The van der Waals surface area contributed by atoms with Gasteiger partial charge in [-0.25, -0.2) is 4.98 Å². The van der Waals surface area contributed by atoms with Crippen LogP contribution in [0.2, 0.25) is 0 Å². The molecule has 1 saturated heterocycles. The van der Waals surface area contributed by atoms with Gasteiger partial charge in [-0.3, -0.25) is 4.79 Å². The third kappa shape index (κ3) is 2.94. The molecule has 1 amide bonds. The van der Waals surface area contributed by atoms with Gasteiger partial charge in [0.2, 0.25) is 11.8 Å². The maximum atomic E-state index is 13.1.